The van der Waals surface area contributed by atoms with E-state index in [1.165, 1.54) is 16.9 Å². The Labute approximate surface area is 149 Å². The molecule has 1 aliphatic heterocycles. The van der Waals surface area contributed by atoms with Gasteiger partial charge in [-0.3, -0.25) is 15.0 Å². The van der Waals surface area contributed by atoms with Crippen LogP contribution in [0.5, 0.6) is 0 Å². The van der Waals surface area contributed by atoms with Crippen molar-refractivity contribution in [1.82, 2.24) is 4.90 Å². The minimum atomic E-state index is -1.25. The third-order valence-corrected chi connectivity index (χ3v) is 6.74. The maximum atomic E-state index is 10.7. The molecule has 0 spiro atoms. The molecule has 0 N–H and O–H groups in total. The summed E-state index contributed by atoms with van der Waals surface area (Å²) in [7, 11) is -1.25. The second kappa shape index (κ2) is 7.01. The number of nitrogens with zero attached hydrogens (tertiary/aromatic N) is 3. The highest BCUT2D eigenvalue weighted by Crippen LogP contribution is 2.20. The molecule has 0 amide bonds. The number of hydrogen-bond donors (Lipinski definition) is 0. The predicted octanol–water partition coefficient (Wildman–Crippen LogP) is 3.06. The first-order chi connectivity index (χ1) is 11.8. The van der Waals surface area contributed by atoms with Gasteiger partial charge in [-0.1, -0.05) is 37.0 Å². The van der Waals surface area contributed by atoms with Crippen LogP contribution < -0.4 is 10.1 Å². The molecule has 0 aliphatic carbocycles. The molecule has 2 heterocycles. The fourth-order valence-electron chi connectivity index (χ4n) is 3.11. The van der Waals surface area contributed by atoms with Crippen molar-refractivity contribution in [3.63, 3.8) is 0 Å². The maximum Gasteiger partial charge on any atom is 0.433 e. The molecule has 0 atom stereocenters. The van der Waals surface area contributed by atoms with Crippen LogP contribution in [-0.2, 0) is 6.54 Å². The zero-order chi connectivity index (χ0) is 18.0. The molecule has 134 valence electrons. The Balaban J connectivity index is 1.55. The predicted molar refractivity (Wildman–Crippen MR) is 102 cm³/mol. The van der Waals surface area contributed by atoms with Crippen molar-refractivity contribution in [2.45, 2.75) is 26.2 Å². The molecule has 1 aliphatic rings. The van der Waals surface area contributed by atoms with Gasteiger partial charge >= 0.3 is 5.88 Å². The molecule has 0 radical (unpaired) electrons. The number of piperazine rings is 1. The summed E-state index contributed by atoms with van der Waals surface area (Å²) in [5, 5.41) is 12.2. The smallest absolute Gasteiger partial charge is 0.404 e. The van der Waals surface area contributed by atoms with Gasteiger partial charge in [-0.2, -0.15) is 0 Å². The molecule has 2 aromatic rings. The number of hydrogen-bond acceptors (Lipinski definition) is 5. The van der Waals surface area contributed by atoms with E-state index in [-0.39, 0.29) is 5.88 Å². The molecule has 1 saturated heterocycles. The highest BCUT2D eigenvalue weighted by atomic mass is 28.3. The van der Waals surface area contributed by atoms with Crippen LogP contribution in [0.25, 0.3) is 0 Å². The van der Waals surface area contributed by atoms with Gasteiger partial charge in [0.2, 0.25) is 0 Å². The SMILES string of the molecule is C[Si](C)(C)c1ccc(N2CCN(Cc3ccc([N+](=O)[O-])o3)CC2)cc1. The van der Waals surface area contributed by atoms with Crippen LogP contribution in [0, 0.1) is 10.1 Å². The van der Waals surface area contributed by atoms with Crippen molar-refractivity contribution in [3.8, 4) is 0 Å². The number of nitro groups is 1. The summed E-state index contributed by atoms with van der Waals surface area (Å²) in [6.07, 6.45) is 0. The normalized spacial score (nSPS) is 16.2. The first-order valence-electron chi connectivity index (χ1n) is 8.64. The van der Waals surface area contributed by atoms with Crippen LogP contribution in [0.2, 0.25) is 19.6 Å². The highest BCUT2D eigenvalue weighted by Gasteiger charge is 2.21. The minimum Gasteiger partial charge on any atom is -0.404 e. The topological polar surface area (TPSA) is 62.8 Å². The monoisotopic (exact) mass is 359 g/mol. The Kier molecular flexibility index (Phi) is 4.96. The molecule has 1 aromatic carbocycles. The lowest BCUT2D eigenvalue weighted by Gasteiger charge is -2.35. The van der Waals surface area contributed by atoms with E-state index in [1.54, 1.807) is 6.07 Å². The number of benzene rings is 1. The summed E-state index contributed by atoms with van der Waals surface area (Å²) < 4.78 is 5.25. The van der Waals surface area contributed by atoms with E-state index in [0.717, 1.165) is 26.2 Å². The second-order valence-electron chi connectivity index (χ2n) is 7.56. The average Bonchev–Trinajstić information content (AvgIpc) is 3.04. The van der Waals surface area contributed by atoms with Gasteiger partial charge in [-0.25, -0.2) is 0 Å². The van der Waals surface area contributed by atoms with Gasteiger partial charge in [-0.15, -0.1) is 0 Å². The van der Waals surface area contributed by atoms with Gasteiger partial charge in [0.05, 0.1) is 20.7 Å². The maximum absolute atomic E-state index is 10.7. The lowest BCUT2D eigenvalue weighted by molar-refractivity contribution is -0.402. The Morgan fingerprint density at radius 3 is 2.20 bits per heavy atom. The largest absolute Gasteiger partial charge is 0.433 e. The van der Waals surface area contributed by atoms with Crippen molar-refractivity contribution in [3.05, 3.63) is 52.3 Å². The Hall–Kier alpha value is -2.12. The van der Waals surface area contributed by atoms with Gasteiger partial charge in [0, 0.05) is 31.9 Å². The second-order valence-corrected chi connectivity index (χ2v) is 12.6. The molecule has 3 rings (SSSR count). The lowest BCUT2D eigenvalue weighted by Crippen LogP contribution is -2.46. The molecule has 25 heavy (non-hydrogen) atoms. The van der Waals surface area contributed by atoms with Crippen LogP contribution in [0.4, 0.5) is 11.6 Å². The summed E-state index contributed by atoms with van der Waals surface area (Å²) in [5.74, 6) is 0.468. The number of furan rings is 1. The van der Waals surface area contributed by atoms with Crippen LogP contribution in [0.1, 0.15) is 5.76 Å². The summed E-state index contributed by atoms with van der Waals surface area (Å²) in [6.45, 7) is 11.5. The van der Waals surface area contributed by atoms with E-state index < -0.39 is 13.0 Å². The number of anilines is 1. The van der Waals surface area contributed by atoms with Gasteiger partial charge in [0.25, 0.3) is 0 Å². The van der Waals surface area contributed by atoms with Crippen LogP contribution in [0.15, 0.2) is 40.8 Å². The Bertz CT molecular complexity index is 729. The van der Waals surface area contributed by atoms with E-state index in [4.69, 9.17) is 4.42 Å². The minimum absolute atomic E-state index is 0.184. The van der Waals surface area contributed by atoms with E-state index in [2.05, 4.69) is 53.7 Å². The molecular weight excluding hydrogens is 334 g/mol. The van der Waals surface area contributed by atoms with Crippen molar-refractivity contribution < 1.29 is 9.34 Å². The summed E-state index contributed by atoms with van der Waals surface area (Å²) in [6, 6.07) is 12.1. The Morgan fingerprint density at radius 2 is 1.68 bits per heavy atom. The quantitative estimate of drug-likeness (QED) is 0.466. The molecular formula is C18H25N3O3Si. The third kappa shape index (κ3) is 4.29. The number of rotatable bonds is 5. The van der Waals surface area contributed by atoms with Crippen molar-refractivity contribution in [2.75, 3.05) is 31.1 Å². The van der Waals surface area contributed by atoms with Gasteiger partial charge < -0.3 is 9.32 Å². The molecule has 0 saturated carbocycles. The van der Waals surface area contributed by atoms with E-state index in [9.17, 15) is 10.1 Å². The van der Waals surface area contributed by atoms with Crippen molar-refractivity contribution in [2.24, 2.45) is 0 Å². The molecule has 6 nitrogen and oxygen atoms in total. The fourth-order valence-corrected chi connectivity index (χ4v) is 4.27. The highest BCUT2D eigenvalue weighted by molar-refractivity contribution is 6.88. The van der Waals surface area contributed by atoms with Crippen LogP contribution >= 0.6 is 0 Å². The zero-order valence-electron chi connectivity index (χ0n) is 15.1. The molecule has 1 aromatic heterocycles. The summed E-state index contributed by atoms with van der Waals surface area (Å²) >= 11 is 0. The standard InChI is InChI=1S/C18H25N3O3Si/c1-25(2,3)17-7-4-15(5-8-17)20-12-10-19(11-13-20)14-16-6-9-18(24-16)21(22)23/h4-9H,10-14H2,1-3H3. The van der Waals surface area contributed by atoms with Crippen LogP contribution in [0.3, 0.4) is 0 Å². The summed E-state index contributed by atoms with van der Waals surface area (Å²) in [4.78, 5) is 14.9. The van der Waals surface area contributed by atoms with Crippen LogP contribution in [-0.4, -0.2) is 44.1 Å². The van der Waals surface area contributed by atoms with Crippen molar-refractivity contribution in [1.29, 1.82) is 0 Å². The van der Waals surface area contributed by atoms with Gasteiger partial charge in [0.1, 0.15) is 10.7 Å². The average molecular weight is 360 g/mol. The fraction of sp³-hybridized carbons (Fsp3) is 0.444. The third-order valence-electron chi connectivity index (χ3n) is 4.68. The zero-order valence-corrected chi connectivity index (χ0v) is 16.1. The van der Waals surface area contributed by atoms with E-state index >= 15 is 0 Å². The van der Waals surface area contributed by atoms with Gasteiger partial charge in [-0.05, 0) is 18.2 Å². The molecule has 0 unspecified atom stereocenters. The van der Waals surface area contributed by atoms with E-state index in [1.807, 2.05) is 0 Å². The van der Waals surface area contributed by atoms with Crippen molar-refractivity contribution >= 4 is 24.8 Å². The molecule has 0 bridgehead atoms. The van der Waals surface area contributed by atoms with Gasteiger partial charge in [0.15, 0.2) is 0 Å². The Morgan fingerprint density at radius 1 is 1.04 bits per heavy atom. The molecule has 7 heteroatoms. The molecule has 1 fully saturated rings. The lowest BCUT2D eigenvalue weighted by atomic mass is 10.2. The van der Waals surface area contributed by atoms with E-state index in [0.29, 0.717) is 12.3 Å². The summed E-state index contributed by atoms with van der Waals surface area (Å²) in [5.41, 5.74) is 1.27. The first kappa shape index (κ1) is 17.7. The first-order valence-corrected chi connectivity index (χ1v) is 12.1.